The third-order valence-corrected chi connectivity index (χ3v) is 4.66. The smallest absolute Gasteiger partial charge is 0.410 e. The molecule has 0 spiro atoms. The molecule has 0 radical (unpaired) electrons. The number of carbonyl (C=O) groups is 2. The third-order valence-electron chi connectivity index (χ3n) is 4.66. The molecule has 1 aliphatic rings. The number of ether oxygens (including phenoxy) is 3. The van der Waals surface area contributed by atoms with Gasteiger partial charge in [0.05, 0.1) is 27.2 Å². The largest absolute Gasteiger partial charge is 0.493 e. The molecule has 1 aliphatic heterocycles. The van der Waals surface area contributed by atoms with Crippen LogP contribution in [0.4, 0.5) is 10.6 Å². The summed E-state index contributed by atoms with van der Waals surface area (Å²) in [5, 5.41) is 10.0. The van der Waals surface area contributed by atoms with Gasteiger partial charge < -0.3 is 24.4 Å². The van der Waals surface area contributed by atoms with Crippen molar-refractivity contribution in [3.63, 3.8) is 0 Å². The number of benzene rings is 1. The van der Waals surface area contributed by atoms with Gasteiger partial charge in [0.1, 0.15) is 5.60 Å². The number of hydrogen-bond donors (Lipinski definition) is 2. The molecule has 0 saturated carbocycles. The zero-order valence-corrected chi connectivity index (χ0v) is 18.0. The van der Waals surface area contributed by atoms with E-state index in [4.69, 9.17) is 14.2 Å². The number of H-pyrrole nitrogens is 1. The molecular formula is C21H28N4O5. The van der Waals surface area contributed by atoms with E-state index in [0.29, 0.717) is 36.8 Å². The average molecular weight is 416 g/mol. The van der Waals surface area contributed by atoms with Crippen LogP contribution in [0.2, 0.25) is 0 Å². The molecule has 0 aliphatic carbocycles. The van der Waals surface area contributed by atoms with Gasteiger partial charge in [0.15, 0.2) is 17.3 Å². The summed E-state index contributed by atoms with van der Waals surface area (Å²) in [7, 11) is 3.11. The summed E-state index contributed by atoms with van der Waals surface area (Å²) in [4.78, 5) is 26.6. The number of aromatic nitrogens is 2. The van der Waals surface area contributed by atoms with Crippen molar-refractivity contribution in [2.45, 2.75) is 45.8 Å². The number of anilines is 1. The summed E-state index contributed by atoms with van der Waals surface area (Å²) in [6.07, 6.45) is 0.391. The second-order valence-electron chi connectivity index (χ2n) is 8.10. The maximum Gasteiger partial charge on any atom is 0.410 e. The number of nitrogens with one attached hydrogen (secondary N) is 2. The van der Waals surface area contributed by atoms with Crippen LogP contribution in [0.5, 0.6) is 11.5 Å². The highest BCUT2D eigenvalue weighted by atomic mass is 16.6. The van der Waals surface area contributed by atoms with E-state index in [2.05, 4.69) is 15.5 Å². The summed E-state index contributed by atoms with van der Waals surface area (Å²) < 4.78 is 16.0. The van der Waals surface area contributed by atoms with Gasteiger partial charge in [-0.1, -0.05) is 6.07 Å². The number of methoxy groups -OCH3 is 2. The van der Waals surface area contributed by atoms with Crippen molar-refractivity contribution in [1.29, 1.82) is 0 Å². The van der Waals surface area contributed by atoms with E-state index in [9.17, 15) is 9.59 Å². The Labute approximate surface area is 175 Å². The number of rotatable bonds is 5. The fraction of sp³-hybridized carbons (Fsp3) is 0.476. The van der Waals surface area contributed by atoms with Crippen molar-refractivity contribution in [2.24, 2.45) is 0 Å². The third kappa shape index (κ3) is 5.03. The standard InChI is InChI=1S/C21H28N4O5/c1-21(2,3)30-20(27)25-9-8-15-14(12-25)19(24-23-15)22-18(26)11-13-6-7-16(28-4)17(10-13)29-5/h6-7,10H,8-9,11-12H2,1-5H3,(H2,22,23,24,26). The van der Waals surface area contributed by atoms with Crippen LogP contribution in [0.25, 0.3) is 0 Å². The Balaban J connectivity index is 1.67. The van der Waals surface area contributed by atoms with Crippen molar-refractivity contribution in [1.82, 2.24) is 15.1 Å². The van der Waals surface area contributed by atoms with Crippen LogP contribution in [-0.4, -0.2) is 53.5 Å². The lowest BCUT2D eigenvalue weighted by Crippen LogP contribution is -2.40. The molecule has 2 N–H and O–H groups in total. The lowest BCUT2D eigenvalue weighted by Gasteiger charge is -2.30. The molecule has 0 atom stereocenters. The monoisotopic (exact) mass is 416 g/mol. The second kappa shape index (κ2) is 8.64. The Bertz CT molecular complexity index is 932. The summed E-state index contributed by atoms with van der Waals surface area (Å²) in [6.45, 7) is 6.35. The predicted molar refractivity (Wildman–Crippen MR) is 111 cm³/mol. The van der Waals surface area contributed by atoms with Crippen molar-refractivity contribution in [3.8, 4) is 11.5 Å². The summed E-state index contributed by atoms with van der Waals surface area (Å²) >= 11 is 0. The number of aromatic amines is 1. The van der Waals surface area contributed by atoms with Crippen LogP contribution in [-0.2, 0) is 28.9 Å². The number of amides is 2. The molecule has 2 aromatic rings. The summed E-state index contributed by atoms with van der Waals surface area (Å²) in [5.41, 5.74) is 1.93. The Morgan fingerprint density at radius 2 is 1.93 bits per heavy atom. The minimum atomic E-state index is -0.565. The van der Waals surface area contributed by atoms with Crippen molar-refractivity contribution < 1.29 is 23.8 Å². The first-order valence-electron chi connectivity index (χ1n) is 9.75. The highest BCUT2D eigenvalue weighted by Gasteiger charge is 2.29. The van der Waals surface area contributed by atoms with Crippen LogP contribution in [0.15, 0.2) is 18.2 Å². The van der Waals surface area contributed by atoms with Gasteiger partial charge in [-0.15, -0.1) is 0 Å². The number of carbonyl (C=O) groups excluding carboxylic acids is 2. The van der Waals surface area contributed by atoms with E-state index in [1.165, 1.54) is 0 Å². The Morgan fingerprint density at radius 3 is 2.60 bits per heavy atom. The molecule has 3 rings (SSSR count). The van der Waals surface area contributed by atoms with Gasteiger partial charge in [-0.05, 0) is 38.5 Å². The summed E-state index contributed by atoms with van der Waals surface area (Å²) in [6, 6.07) is 5.34. The molecule has 0 fully saturated rings. The highest BCUT2D eigenvalue weighted by Crippen LogP contribution is 2.28. The average Bonchev–Trinajstić information content (AvgIpc) is 3.08. The maximum absolute atomic E-state index is 12.6. The molecule has 0 saturated heterocycles. The summed E-state index contributed by atoms with van der Waals surface area (Å²) in [5.74, 6) is 1.38. The topological polar surface area (TPSA) is 106 Å². The van der Waals surface area contributed by atoms with E-state index in [1.54, 1.807) is 31.3 Å². The number of fused-ring (bicyclic) bond motifs is 1. The molecule has 0 bridgehead atoms. The predicted octanol–water partition coefficient (Wildman–Crippen LogP) is 2.90. The molecule has 30 heavy (non-hydrogen) atoms. The van der Waals surface area contributed by atoms with E-state index < -0.39 is 5.60 Å². The van der Waals surface area contributed by atoms with Gasteiger partial charge in [0, 0.05) is 24.2 Å². The Kier molecular flexibility index (Phi) is 6.19. The van der Waals surface area contributed by atoms with Crippen LogP contribution in [0.3, 0.4) is 0 Å². The molecular weight excluding hydrogens is 388 g/mol. The molecule has 0 unspecified atom stereocenters. The van der Waals surface area contributed by atoms with Crippen LogP contribution < -0.4 is 14.8 Å². The molecule has 9 nitrogen and oxygen atoms in total. The zero-order chi connectivity index (χ0) is 21.9. The normalized spacial score (nSPS) is 13.4. The van der Waals surface area contributed by atoms with E-state index >= 15 is 0 Å². The van der Waals surface area contributed by atoms with Crippen LogP contribution in [0.1, 0.15) is 37.6 Å². The molecule has 1 aromatic heterocycles. The minimum Gasteiger partial charge on any atom is -0.493 e. The van der Waals surface area contributed by atoms with Gasteiger partial charge in [0.25, 0.3) is 0 Å². The van der Waals surface area contributed by atoms with Gasteiger partial charge in [-0.2, -0.15) is 5.10 Å². The van der Waals surface area contributed by atoms with Crippen molar-refractivity contribution in [2.75, 3.05) is 26.1 Å². The first-order valence-corrected chi connectivity index (χ1v) is 9.75. The molecule has 9 heteroatoms. The second-order valence-corrected chi connectivity index (χ2v) is 8.10. The molecule has 2 amide bonds. The lowest BCUT2D eigenvalue weighted by molar-refractivity contribution is -0.115. The minimum absolute atomic E-state index is 0.151. The first kappa shape index (κ1) is 21.5. The molecule has 2 heterocycles. The fourth-order valence-corrected chi connectivity index (χ4v) is 3.23. The van der Waals surface area contributed by atoms with E-state index in [0.717, 1.165) is 16.8 Å². The van der Waals surface area contributed by atoms with Gasteiger partial charge in [-0.3, -0.25) is 9.89 Å². The van der Waals surface area contributed by atoms with E-state index in [1.807, 2.05) is 26.8 Å². The van der Waals surface area contributed by atoms with E-state index in [-0.39, 0.29) is 18.4 Å². The van der Waals surface area contributed by atoms with Crippen LogP contribution >= 0.6 is 0 Å². The SMILES string of the molecule is COc1ccc(CC(=O)Nc2n[nH]c3c2CN(C(=O)OC(C)(C)C)CC3)cc1OC. The number of nitrogens with zero attached hydrogens (tertiary/aromatic N) is 2. The zero-order valence-electron chi connectivity index (χ0n) is 18.0. The van der Waals surface area contributed by atoms with Gasteiger partial charge in [-0.25, -0.2) is 4.79 Å². The molecule has 162 valence electrons. The number of hydrogen-bond acceptors (Lipinski definition) is 6. The Hall–Kier alpha value is -3.23. The maximum atomic E-state index is 12.6. The lowest BCUT2D eigenvalue weighted by atomic mass is 10.1. The van der Waals surface area contributed by atoms with Gasteiger partial charge >= 0.3 is 6.09 Å². The van der Waals surface area contributed by atoms with Crippen molar-refractivity contribution >= 4 is 17.8 Å². The van der Waals surface area contributed by atoms with Crippen molar-refractivity contribution in [3.05, 3.63) is 35.0 Å². The first-order chi connectivity index (χ1) is 14.2. The quantitative estimate of drug-likeness (QED) is 0.776. The van der Waals surface area contributed by atoms with Gasteiger partial charge in [0.2, 0.25) is 5.91 Å². The van der Waals surface area contributed by atoms with Crippen LogP contribution in [0, 0.1) is 0 Å². The highest BCUT2D eigenvalue weighted by molar-refractivity contribution is 5.92. The Morgan fingerprint density at radius 1 is 1.20 bits per heavy atom. The molecule has 1 aromatic carbocycles. The fourth-order valence-electron chi connectivity index (χ4n) is 3.23.